The van der Waals surface area contributed by atoms with Crippen molar-refractivity contribution in [3.8, 4) is 5.75 Å². The minimum absolute atomic E-state index is 0.124. The van der Waals surface area contributed by atoms with Crippen molar-refractivity contribution in [2.45, 2.75) is 12.8 Å². The van der Waals surface area contributed by atoms with Gasteiger partial charge in [-0.1, -0.05) is 0 Å². The van der Waals surface area contributed by atoms with Crippen molar-refractivity contribution in [3.63, 3.8) is 0 Å². The second kappa shape index (κ2) is 6.30. The van der Waals surface area contributed by atoms with Crippen LogP contribution >= 0.6 is 0 Å². The number of anilines is 1. The van der Waals surface area contributed by atoms with Crippen molar-refractivity contribution in [3.05, 3.63) is 24.3 Å². The molecule has 0 unspecified atom stereocenters. The van der Waals surface area contributed by atoms with E-state index in [1.165, 1.54) is 12.8 Å². The van der Waals surface area contributed by atoms with Crippen LogP contribution in [0.3, 0.4) is 0 Å². The van der Waals surface area contributed by atoms with E-state index in [0.29, 0.717) is 17.7 Å². The average molecular weight is 252 g/mol. The van der Waals surface area contributed by atoms with Gasteiger partial charge in [0.15, 0.2) is 5.75 Å². The molecule has 2 heterocycles. The Balaban J connectivity index is 1.91. The van der Waals surface area contributed by atoms with Gasteiger partial charge in [-0.15, -0.1) is 0 Å². The maximum Gasteiger partial charge on any atom is 0.225 e. The molecule has 0 saturated carbocycles. The molecule has 0 atom stereocenters. The summed E-state index contributed by atoms with van der Waals surface area (Å²) in [6.07, 6.45) is 6.05. The molecule has 1 aromatic heterocycles. The number of nitrogens with zero attached hydrogens (tertiary/aromatic N) is 3. The van der Waals surface area contributed by atoms with Crippen LogP contribution in [0, 0.1) is 0 Å². The highest BCUT2D eigenvalue weighted by Gasteiger charge is 2.14. The van der Waals surface area contributed by atoms with Gasteiger partial charge in [0.1, 0.15) is 6.61 Å². The van der Waals surface area contributed by atoms with Gasteiger partial charge in [-0.2, -0.15) is 0 Å². The normalized spacial score (nSPS) is 16.1. The summed E-state index contributed by atoms with van der Waals surface area (Å²) in [4.78, 5) is 10.6. The Morgan fingerprint density at radius 2 is 2.06 bits per heavy atom. The van der Waals surface area contributed by atoms with Crippen LogP contribution in [0.15, 0.2) is 24.3 Å². The van der Waals surface area contributed by atoms with Crippen LogP contribution < -0.4 is 15.4 Å². The summed E-state index contributed by atoms with van der Waals surface area (Å²) in [7, 11) is 0. The molecule has 6 heteroatoms. The summed E-state index contributed by atoms with van der Waals surface area (Å²) in [5.74, 6) is 1.24. The zero-order valence-electron chi connectivity index (χ0n) is 10.2. The topological polar surface area (TPSA) is 64.3 Å². The molecule has 1 saturated heterocycles. The lowest BCUT2D eigenvalue weighted by Crippen LogP contribution is -2.20. The second-order valence-corrected chi connectivity index (χ2v) is 4.17. The zero-order valence-corrected chi connectivity index (χ0v) is 10.2. The van der Waals surface area contributed by atoms with Crippen LogP contribution in [-0.4, -0.2) is 36.2 Å². The SMILES string of the molecule is NC/C(=C\F)COc1cnc(N2CCCC2)nc1. The summed E-state index contributed by atoms with van der Waals surface area (Å²) < 4.78 is 17.6. The molecule has 0 aromatic carbocycles. The molecular weight excluding hydrogens is 235 g/mol. The smallest absolute Gasteiger partial charge is 0.225 e. The number of hydrogen-bond acceptors (Lipinski definition) is 5. The maximum absolute atomic E-state index is 12.3. The van der Waals surface area contributed by atoms with Crippen molar-refractivity contribution >= 4 is 5.95 Å². The van der Waals surface area contributed by atoms with E-state index in [2.05, 4.69) is 14.9 Å². The number of aromatic nitrogens is 2. The molecule has 0 bridgehead atoms. The third kappa shape index (κ3) is 3.16. The third-order valence-electron chi connectivity index (χ3n) is 2.84. The highest BCUT2D eigenvalue weighted by atomic mass is 19.1. The predicted octanol–water partition coefficient (Wildman–Crippen LogP) is 1.27. The highest BCUT2D eigenvalue weighted by Crippen LogP contribution is 2.17. The molecule has 0 spiro atoms. The molecule has 1 aromatic rings. The van der Waals surface area contributed by atoms with Crippen LogP contribution in [0.2, 0.25) is 0 Å². The van der Waals surface area contributed by atoms with Crippen molar-refractivity contribution < 1.29 is 9.13 Å². The Labute approximate surface area is 105 Å². The Kier molecular flexibility index (Phi) is 4.46. The highest BCUT2D eigenvalue weighted by molar-refractivity contribution is 5.32. The lowest BCUT2D eigenvalue weighted by molar-refractivity contribution is 0.344. The van der Waals surface area contributed by atoms with Crippen molar-refractivity contribution in [1.29, 1.82) is 0 Å². The molecule has 0 radical (unpaired) electrons. The van der Waals surface area contributed by atoms with Crippen LogP contribution in [0.5, 0.6) is 5.75 Å². The lowest BCUT2D eigenvalue weighted by atomic mass is 10.3. The Hall–Kier alpha value is -1.69. The van der Waals surface area contributed by atoms with E-state index in [-0.39, 0.29) is 13.2 Å². The van der Waals surface area contributed by atoms with Gasteiger partial charge in [-0.25, -0.2) is 14.4 Å². The van der Waals surface area contributed by atoms with Crippen LogP contribution in [-0.2, 0) is 0 Å². The minimum Gasteiger partial charge on any atom is -0.486 e. The maximum atomic E-state index is 12.3. The summed E-state index contributed by atoms with van der Waals surface area (Å²) in [5.41, 5.74) is 5.73. The fourth-order valence-electron chi connectivity index (χ4n) is 1.78. The van der Waals surface area contributed by atoms with Crippen molar-refractivity contribution in [1.82, 2.24) is 9.97 Å². The Bertz CT molecular complexity index is 401. The monoisotopic (exact) mass is 252 g/mol. The first-order chi connectivity index (χ1) is 8.83. The minimum atomic E-state index is 0.124. The van der Waals surface area contributed by atoms with Gasteiger partial charge in [0.25, 0.3) is 0 Å². The quantitative estimate of drug-likeness (QED) is 0.855. The molecule has 1 aliphatic rings. The van der Waals surface area contributed by atoms with Gasteiger partial charge in [0.2, 0.25) is 5.95 Å². The molecule has 5 nitrogen and oxygen atoms in total. The summed E-state index contributed by atoms with van der Waals surface area (Å²) in [6, 6.07) is 0. The van der Waals surface area contributed by atoms with Gasteiger partial charge >= 0.3 is 0 Å². The molecule has 1 aliphatic heterocycles. The first-order valence-corrected chi connectivity index (χ1v) is 6.01. The van der Waals surface area contributed by atoms with Crippen LogP contribution in [0.4, 0.5) is 10.3 Å². The summed E-state index contributed by atoms with van der Waals surface area (Å²) in [5, 5.41) is 0. The number of ether oxygens (including phenoxy) is 1. The molecule has 18 heavy (non-hydrogen) atoms. The van der Waals surface area contributed by atoms with E-state index in [1.807, 2.05) is 0 Å². The molecular formula is C12H17FN4O. The second-order valence-electron chi connectivity index (χ2n) is 4.17. The van der Waals surface area contributed by atoms with E-state index >= 15 is 0 Å². The Morgan fingerprint density at radius 1 is 1.39 bits per heavy atom. The van der Waals surface area contributed by atoms with Crippen molar-refractivity contribution in [2.75, 3.05) is 31.1 Å². The van der Waals surface area contributed by atoms with E-state index in [9.17, 15) is 4.39 Å². The zero-order chi connectivity index (χ0) is 12.8. The largest absolute Gasteiger partial charge is 0.486 e. The molecule has 2 N–H and O–H groups in total. The third-order valence-corrected chi connectivity index (χ3v) is 2.84. The molecule has 98 valence electrons. The van der Waals surface area contributed by atoms with Crippen molar-refractivity contribution in [2.24, 2.45) is 5.73 Å². The summed E-state index contributed by atoms with van der Waals surface area (Å²) >= 11 is 0. The number of rotatable bonds is 5. The van der Waals surface area contributed by atoms with E-state index in [1.54, 1.807) is 12.4 Å². The van der Waals surface area contributed by atoms with E-state index in [0.717, 1.165) is 19.0 Å². The molecule has 1 fully saturated rings. The molecule has 0 amide bonds. The Morgan fingerprint density at radius 3 is 2.61 bits per heavy atom. The first kappa shape index (κ1) is 12.8. The fourth-order valence-corrected chi connectivity index (χ4v) is 1.78. The van der Waals surface area contributed by atoms with Gasteiger partial charge in [-0.3, -0.25) is 0 Å². The van der Waals surface area contributed by atoms with Gasteiger partial charge in [0.05, 0.1) is 18.7 Å². The number of nitrogens with two attached hydrogens (primary N) is 1. The summed E-state index contributed by atoms with van der Waals surface area (Å²) in [6.45, 7) is 2.27. The van der Waals surface area contributed by atoms with Gasteiger partial charge in [-0.05, 0) is 12.8 Å². The molecule has 2 rings (SSSR count). The van der Waals surface area contributed by atoms with E-state index in [4.69, 9.17) is 10.5 Å². The first-order valence-electron chi connectivity index (χ1n) is 6.01. The van der Waals surface area contributed by atoms with Crippen LogP contribution in [0.1, 0.15) is 12.8 Å². The lowest BCUT2D eigenvalue weighted by Gasteiger charge is -2.14. The van der Waals surface area contributed by atoms with Crippen LogP contribution in [0.25, 0.3) is 0 Å². The van der Waals surface area contributed by atoms with Gasteiger partial charge < -0.3 is 15.4 Å². The average Bonchev–Trinajstić information content (AvgIpc) is 2.94. The number of hydrogen-bond donors (Lipinski definition) is 1. The predicted molar refractivity (Wildman–Crippen MR) is 67.2 cm³/mol. The van der Waals surface area contributed by atoms with E-state index < -0.39 is 0 Å². The molecule has 0 aliphatic carbocycles. The fraction of sp³-hybridized carbons (Fsp3) is 0.500. The standard InChI is InChI=1S/C12H17FN4O/c13-5-10(6-14)9-18-11-7-15-12(16-8-11)17-3-1-2-4-17/h5,7-8H,1-4,6,9,14H2/b10-5+. The number of halogens is 1. The van der Waals surface area contributed by atoms with Gasteiger partial charge in [0, 0.05) is 25.2 Å².